The van der Waals surface area contributed by atoms with Crippen LogP contribution in [-0.4, -0.2) is 106 Å². The third-order valence-corrected chi connectivity index (χ3v) is 17.4. The molecule has 8 rings (SSSR count). The second-order valence-corrected chi connectivity index (χ2v) is 19.9. The molecule has 0 radical (unpaired) electrons. The summed E-state index contributed by atoms with van der Waals surface area (Å²) in [6.07, 6.45) is 12.3. The molecule has 4 heterocycles. The van der Waals surface area contributed by atoms with Crippen LogP contribution in [0.4, 0.5) is 5.88 Å². The minimum absolute atomic E-state index is 0.0183. The Bertz CT molecular complexity index is 1710. The predicted molar refractivity (Wildman–Crippen MR) is 217 cm³/mol. The molecule has 11 nitrogen and oxygen atoms in total. The Morgan fingerprint density at radius 2 is 1.70 bits per heavy atom. The third kappa shape index (κ3) is 7.08. The fourth-order valence-corrected chi connectivity index (χ4v) is 14.4. The Labute approximate surface area is 339 Å². The van der Waals surface area contributed by atoms with Crippen molar-refractivity contribution in [3.05, 3.63) is 30.5 Å². The van der Waals surface area contributed by atoms with E-state index < -0.39 is 0 Å². The van der Waals surface area contributed by atoms with Crippen LogP contribution in [0.1, 0.15) is 111 Å². The Morgan fingerprint density at radius 3 is 2.46 bits per heavy atom. The van der Waals surface area contributed by atoms with Gasteiger partial charge in [-0.05, 0) is 122 Å². The van der Waals surface area contributed by atoms with Gasteiger partial charge in [0, 0.05) is 64.0 Å². The first kappa shape index (κ1) is 40.6. The molecule has 11 heteroatoms. The van der Waals surface area contributed by atoms with Gasteiger partial charge >= 0.3 is 0 Å². The van der Waals surface area contributed by atoms with Gasteiger partial charge in [0.25, 0.3) is 0 Å². The van der Waals surface area contributed by atoms with Crippen LogP contribution in [0.3, 0.4) is 0 Å². The van der Waals surface area contributed by atoms with Crippen molar-refractivity contribution in [1.82, 2.24) is 14.7 Å². The van der Waals surface area contributed by atoms with Crippen molar-refractivity contribution in [1.29, 1.82) is 0 Å². The summed E-state index contributed by atoms with van der Waals surface area (Å²) in [5, 5.41) is 22.7. The molecule has 1 aromatic rings. The lowest BCUT2D eigenvalue weighted by atomic mass is 9.41. The zero-order valence-electron chi connectivity index (χ0n) is 34.9. The van der Waals surface area contributed by atoms with Gasteiger partial charge in [0.15, 0.2) is 0 Å². The predicted octanol–water partition coefficient (Wildman–Crippen LogP) is 5.68. The van der Waals surface area contributed by atoms with E-state index >= 15 is 0 Å². The number of rotatable bonds is 10. The van der Waals surface area contributed by atoms with Crippen molar-refractivity contribution in [3.63, 3.8) is 0 Å². The number of piperazine rings is 1. The van der Waals surface area contributed by atoms with E-state index in [0.29, 0.717) is 98.5 Å². The number of nitrogens with zero attached hydrogens (tertiary/aromatic N) is 4. The number of likely N-dealkylation sites (tertiary alicyclic amines) is 2. The Balaban J connectivity index is 0.822. The molecule has 4 aliphatic carbocycles. The lowest BCUT2D eigenvalue weighted by Gasteiger charge is -2.64. The van der Waals surface area contributed by atoms with Crippen molar-refractivity contribution in [2.45, 2.75) is 129 Å². The van der Waals surface area contributed by atoms with E-state index in [1.165, 1.54) is 36.7 Å². The number of aliphatic hydroxyl groups excluding tert-OH is 2. The highest BCUT2D eigenvalue weighted by Gasteiger charge is 2.65. The van der Waals surface area contributed by atoms with E-state index in [0.717, 1.165) is 45.1 Å². The SMILES string of the molecule is C=CC(=O)N1CCN(c2ccc(CCC(=O)N3CC4CCN(C(=O)CC[C@@H](C)[C@H]5CC[C@H]6[C@@H]7[C@H](O)C(CC)C8C[C@H](O)CC[C@]8(C)[C@H]7CC[C@]56C)C4C3)o2)C(=O)C1. The quantitative estimate of drug-likeness (QED) is 0.292. The molecule has 1 aromatic heterocycles. The molecule has 7 aliphatic rings. The molecule has 7 fully saturated rings. The number of carbonyl (C=O) groups is 4. The Kier molecular flexibility index (Phi) is 11.2. The normalized spacial score (nSPS) is 39.4. The maximum Gasteiger partial charge on any atom is 0.248 e. The zero-order chi connectivity index (χ0) is 40.4. The maximum absolute atomic E-state index is 13.9. The van der Waals surface area contributed by atoms with Crippen molar-refractivity contribution < 1.29 is 33.8 Å². The van der Waals surface area contributed by atoms with Gasteiger partial charge in [-0.2, -0.15) is 0 Å². The van der Waals surface area contributed by atoms with Crippen molar-refractivity contribution in [3.8, 4) is 0 Å². The Hall–Kier alpha value is -3.18. The van der Waals surface area contributed by atoms with Gasteiger partial charge in [-0.15, -0.1) is 0 Å². The van der Waals surface area contributed by atoms with Gasteiger partial charge in [0.2, 0.25) is 29.5 Å². The molecule has 57 heavy (non-hydrogen) atoms. The summed E-state index contributed by atoms with van der Waals surface area (Å²) in [5.74, 6) is 4.25. The molecular weight excluding hydrogens is 721 g/mol. The fourth-order valence-electron chi connectivity index (χ4n) is 14.4. The Morgan fingerprint density at radius 1 is 0.930 bits per heavy atom. The van der Waals surface area contributed by atoms with Gasteiger partial charge in [0.05, 0.1) is 18.2 Å². The summed E-state index contributed by atoms with van der Waals surface area (Å²) in [7, 11) is 0. The van der Waals surface area contributed by atoms with Crippen LogP contribution in [0.15, 0.2) is 29.2 Å². The van der Waals surface area contributed by atoms with Crippen LogP contribution in [0.5, 0.6) is 0 Å². The monoisotopic (exact) mass is 789 g/mol. The number of aliphatic hydroxyl groups is 2. The van der Waals surface area contributed by atoms with E-state index in [9.17, 15) is 29.4 Å². The molecule has 4 amide bonds. The van der Waals surface area contributed by atoms with Gasteiger partial charge in [-0.25, -0.2) is 0 Å². The van der Waals surface area contributed by atoms with E-state index in [2.05, 4.69) is 39.2 Å². The smallest absolute Gasteiger partial charge is 0.248 e. The fraction of sp³-hybridized carbons (Fsp3) is 0.783. The largest absolute Gasteiger partial charge is 0.445 e. The molecule has 0 bridgehead atoms. The number of aryl methyl sites for hydroxylation is 1. The molecule has 4 saturated carbocycles. The number of anilines is 1. The van der Waals surface area contributed by atoms with Crippen LogP contribution in [0, 0.1) is 58.2 Å². The van der Waals surface area contributed by atoms with E-state index in [-0.39, 0.29) is 65.2 Å². The average molecular weight is 789 g/mol. The third-order valence-electron chi connectivity index (χ3n) is 17.4. The van der Waals surface area contributed by atoms with Crippen LogP contribution < -0.4 is 4.90 Å². The average Bonchev–Trinajstić information content (AvgIpc) is 4.00. The first-order valence-corrected chi connectivity index (χ1v) is 22.5. The van der Waals surface area contributed by atoms with Crippen LogP contribution in [-0.2, 0) is 25.6 Å². The number of carbonyl (C=O) groups excluding carboxylic acids is 4. The number of amides is 4. The number of hydrogen-bond acceptors (Lipinski definition) is 7. The lowest BCUT2D eigenvalue weighted by Crippen LogP contribution is -2.62. The molecule has 3 aliphatic heterocycles. The van der Waals surface area contributed by atoms with Crippen LogP contribution in [0.2, 0.25) is 0 Å². The number of fused-ring (bicyclic) bond motifs is 6. The summed E-state index contributed by atoms with van der Waals surface area (Å²) < 4.78 is 5.97. The van der Waals surface area contributed by atoms with E-state index in [4.69, 9.17) is 4.42 Å². The highest BCUT2D eigenvalue weighted by molar-refractivity contribution is 5.98. The number of hydrogen-bond donors (Lipinski definition) is 2. The van der Waals surface area contributed by atoms with E-state index in [1.54, 1.807) is 11.0 Å². The standard InChI is InChI=1S/C46H68N4O7/c1-6-32-36-24-30(51)16-19-46(36,5)35-17-20-45(4)33(11-12-34(45)43(35)44(32)56)28(3)8-13-40(54)49-21-18-29-25-48(26-37(29)49)39(53)14-9-31-10-15-42(57-31)50-23-22-47(27-41(50)55)38(52)7-2/h7,10,15,28-30,32-37,43-44,51,56H,2,6,8-9,11-14,16-27H2,1,3-5H3/t28-,29?,30-,32?,33-,34+,35+,36?,37?,43+,44-,45-,46-/m1/s1. The van der Waals surface area contributed by atoms with Gasteiger partial charge < -0.3 is 29.3 Å². The van der Waals surface area contributed by atoms with Crippen LogP contribution >= 0.6 is 0 Å². The van der Waals surface area contributed by atoms with Gasteiger partial charge in [0.1, 0.15) is 12.3 Å². The minimum Gasteiger partial charge on any atom is -0.445 e. The molecule has 0 aromatic carbocycles. The first-order valence-electron chi connectivity index (χ1n) is 22.5. The summed E-state index contributed by atoms with van der Waals surface area (Å²) in [4.78, 5) is 58.9. The number of furan rings is 1. The van der Waals surface area contributed by atoms with E-state index in [1.807, 2.05) is 11.0 Å². The van der Waals surface area contributed by atoms with Crippen molar-refractivity contribution >= 4 is 29.5 Å². The summed E-state index contributed by atoms with van der Waals surface area (Å²) in [6, 6.07) is 3.65. The molecule has 314 valence electrons. The molecule has 0 spiro atoms. The lowest BCUT2D eigenvalue weighted by molar-refractivity contribution is -0.203. The first-order chi connectivity index (χ1) is 27.3. The van der Waals surface area contributed by atoms with Crippen LogP contribution in [0.25, 0.3) is 0 Å². The summed E-state index contributed by atoms with van der Waals surface area (Å²) in [5.41, 5.74) is 0.386. The zero-order valence-corrected chi connectivity index (χ0v) is 34.9. The molecule has 4 unspecified atom stereocenters. The minimum atomic E-state index is -0.288. The summed E-state index contributed by atoms with van der Waals surface area (Å²) in [6.45, 7) is 15.9. The highest BCUT2D eigenvalue weighted by Crippen LogP contribution is 2.69. The van der Waals surface area contributed by atoms with Gasteiger partial charge in [-0.3, -0.25) is 24.1 Å². The van der Waals surface area contributed by atoms with Gasteiger partial charge in [-0.1, -0.05) is 40.7 Å². The molecule has 13 atom stereocenters. The summed E-state index contributed by atoms with van der Waals surface area (Å²) >= 11 is 0. The van der Waals surface area contributed by atoms with Crippen molar-refractivity contribution in [2.24, 2.45) is 58.2 Å². The van der Waals surface area contributed by atoms with Crippen molar-refractivity contribution in [2.75, 3.05) is 44.2 Å². The second-order valence-electron chi connectivity index (χ2n) is 19.9. The maximum atomic E-state index is 13.9. The molecule has 2 N–H and O–H groups in total. The molecule has 3 saturated heterocycles. The second kappa shape index (κ2) is 15.8. The molecular formula is C46H68N4O7. The topological polar surface area (TPSA) is 135 Å². The highest BCUT2D eigenvalue weighted by atomic mass is 16.4.